The van der Waals surface area contributed by atoms with Gasteiger partial charge in [0.05, 0.1) is 87.7 Å². The third-order valence-electron chi connectivity index (χ3n) is 8.58. The van der Waals surface area contributed by atoms with E-state index in [0.29, 0.717) is 126 Å². The summed E-state index contributed by atoms with van der Waals surface area (Å²) in [5, 5.41) is 21.7. The Bertz CT molecular complexity index is 2010. The van der Waals surface area contributed by atoms with Crippen molar-refractivity contribution < 1.29 is 57.7 Å². The molecule has 0 radical (unpaired) electrons. The first-order valence-electron chi connectivity index (χ1n) is 18.8. The number of fused-ring (bicyclic) bond motifs is 4. The van der Waals surface area contributed by atoms with E-state index >= 15 is 0 Å². The molecule has 0 amide bonds. The lowest BCUT2D eigenvalue weighted by atomic mass is 10.3. The summed E-state index contributed by atoms with van der Waals surface area (Å²) in [5.41, 5.74) is 2.99. The van der Waals surface area contributed by atoms with Crippen molar-refractivity contribution in [3.8, 4) is 23.0 Å². The number of aromatic nitrogens is 4. The van der Waals surface area contributed by atoms with Crippen molar-refractivity contribution in [1.82, 2.24) is 9.97 Å². The highest BCUT2D eigenvalue weighted by Crippen LogP contribution is 2.27. The first-order chi connectivity index (χ1) is 28.4. The molecular formula is C40H46N6O12+2. The number of nitro groups is 2. The molecule has 58 heavy (non-hydrogen) atoms. The van der Waals surface area contributed by atoms with E-state index in [-0.39, 0.29) is 11.4 Å². The molecule has 18 nitrogen and oxygen atoms in total. The number of benzene rings is 4. The molecule has 0 saturated heterocycles. The predicted molar refractivity (Wildman–Crippen MR) is 209 cm³/mol. The standard InChI is InChI=1S/C24H32O8.C16H12N6O4/c1-2-6-22-21(5-1)29-17-13-25-9-10-27-15-19-31-23-7-3-4-8-24(23)32-20-16-28-12-11-26-14-18-30-22;23-21(24)9-1-3-11-13(7-9)19-15(17-11)5-6-16-18-12-4-2-10(22(25)26)8-14(12)20-16/h1-8H,9-20H2;1-4,7-8H,5-6H2,(H,17,19)(H,18,20)/p+2. The molecule has 2 aromatic heterocycles. The number of imidazole rings is 2. The summed E-state index contributed by atoms with van der Waals surface area (Å²) < 4.78 is 45.3. The van der Waals surface area contributed by atoms with Crippen LogP contribution in [0.3, 0.4) is 0 Å². The van der Waals surface area contributed by atoms with E-state index in [9.17, 15) is 20.2 Å². The van der Waals surface area contributed by atoms with Crippen molar-refractivity contribution in [1.29, 1.82) is 0 Å². The number of nitrogens with zero attached hydrogens (tertiary/aromatic N) is 2. The Morgan fingerprint density at radius 1 is 0.466 bits per heavy atom. The minimum Gasteiger partial charge on any atom is -0.487 e. The van der Waals surface area contributed by atoms with E-state index in [4.69, 9.17) is 37.9 Å². The van der Waals surface area contributed by atoms with Crippen molar-refractivity contribution >= 4 is 33.4 Å². The maximum Gasteiger partial charge on any atom is 0.273 e. The molecule has 4 aromatic carbocycles. The van der Waals surface area contributed by atoms with E-state index in [2.05, 4.69) is 19.9 Å². The smallest absolute Gasteiger partial charge is 0.273 e. The number of nitro benzene ring substituents is 2. The third-order valence-corrected chi connectivity index (χ3v) is 8.58. The molecule has 0 unspecified atom stereocenters. The van der Waals surface area contributed by atoms with Gasteiger partial charge in [0.1, 0.15) is 26.4 Å². The number of hydrogen-bond donors (Lipinski definition) is 2. The van der Waals surface area contributed by atoms with Crippen LogP contribution in [0.5, 0.6) is 23.0 Å². The molecule has 0 fully saturated rings. The van der Waals surface area contributed by atoms with E-state index in [1.165, 1.54) is 24.3 Å². The summed E-state index contributed by atoms with van der Waals surface area (Å²) in [6.45, 7) is 5.48. The molecule has 1 aliphatic rings. The van der Waals surface area contributed by atoms with E-state index < -0.39 is 9.85 Å². The van der Waals surface area contributed by atoms with Crippen LogP contribution in [0.25, 0.3) is 22.1 Å². The van der Waals surface area contributed by atoms with E-state index in [1.807, 2.05) is 48.5 Å². The molecule has 1 aliphatic heterocycles. The lowest BCUT2D eigenvalue weighted by Gasteiger charge is -2.14. The van der Waals surface area contributed by atoms with Gasteiger partial charge >= 0.3 is 0 Å². The number of non-ortho nitro benzene ring substituents is 2. The molecule has 6 aromatic rings. The molecule has 0 saturated carbocycles. The van der Waals surface area contributed by atoms with Gasteiger partial charge in [-0.2, -0.15) is 0 Å². The molecule has 18 heteroatoms. The summed E-state index contributed by atoms with van der Waals surface area (Å²) in [6, 6.07) is 24.3. The fraction of sp³-hybridized carbons (Fsp3) is 0.350. The zero-order valence-electron chi connectivity index (χ0n) is 31.8. The monoisotopic (exact) mass is 802 g/mol. The summed E-state index contributed by atoms with van der Waals surface area (Å²) in [4.78, 5) is 33.5. The minimum atomic E-state index is -0.432. The Balaban J connectivity index is 0.000000199. The average Bonchev–Trinajstić information content (AvgIpc) is 3.85. The molecular weight excluding hydrogens is 756 g/mol. The van der Waals surface area contributed by atoms with Crippen LogP contribution < -0.4 is 28.9 Å². The van der Waals surface area contributed by atoms with Gasteiger partial charge in [0.25, 0.3) is 23.0 Å². The lowest BCUT2D eigenvalue weighted by Crippen LogP contribution is -2.15. The molecule has 4 N–H and O–H groups in total. The Labute approximate surface area is 332 Å². The number of aromatic amines is 4. The number of para-hydroxylation sites is 4. The summed E-state index contributed by atoms with van der Waals surface area (Å²) in [5.74, 6) is 4.40. The maximum atomic E-state index is 10.8. The Morgan fingerprint density at radius 2 is 0.776 bits per heavy atom. The molecule has 0 atom stereocenters. The van der Waals surface area contributed by atoms with Gasteiger partial charge in [-0.1, -0.05) is 24.3 Å². The predicted octanol–water partition coefficient (Wildman–Crippen LogP) is 4.86. The molecule has 0 bridgehead atoms. The van der Waals surface area contributed by atoms with Gasteiger partial charge < -0.3 is 37.9 Å². The number of aryl methyl sites for hydroxylation is 2. The van der Waals surface area contributed by atoms with Crippen LogP contribution >= 0.6 is 0 Å². The second kappa shape index (κ2) is 21.8. The highest BCUT2D eigenvalue weighted by Gasteiger charge is 2.18. The van der Waals surface area contributed by atoms with E-state index in [1.54, 1.807) is 12.1 Å². The van der Waals surface area contributed by atoms with Crippen LogP contribution in [0.2, 0.25) is 0 Å². The summed E-state index contributed by atoms with van der Waals surface area (Å²) >= 11 is 0. The van der Waals surface area contributed by atoms with Crippen LogP contribution in [0.15, 0.2) is 84.9 Å². The van der Waals surface area contributed by atoms with Crippen LogP contribution in [0.1, 0.15) is 11.6 Å². The van der Waals surface area contributed by atoms with Gasteiger partial charge in [-0.05, 0) is 36.4 Å². The largest absolute Gasteiger partial charge is 0.487 e. The molecule has 0 spiro atoms. The van der Waals surface area contributed by atoms with Crippen LogP contribution in [0, 0.1) is 20.2 Å². The molecule has 3 heterocycles. The molecule has 0 aliphatic carbocycles. The number of nitrogens with one attached hydrogen (secondary N) is 4. The topological polar surface area (TPSA) is 220 Å². The van der Waals surface area contributed by atoms with Crippen LogP contribution in [0.4, 0.5) is 11.4 Å². The highest BCUT2D eigenvalue weighted by atomic mass is 16.6. The summed E-state index contributed by atoms with van der Waals surface area (Å²) in [6.07, 6.45) is 1.27. The van der Waals surface area contributed by atoms with Gasteiger partial charge in [-0.15, -0.1) is 0 Å². The average molecular weight is 803 g/mol. The zero-order valence-corrected chi connectivity index (χ0v) is 31.8. The quantitative estimate of drug-likeness (QED) is 0.176. The van der Waals surface area contributed by atoms with Crippen molar-refractivity contribution in [2.24, 2.45) is 0 Å². The normalized spacial score (nSPS) is 15.1. The van der Waals surface area contributed by atoms with Gasteiger partial charge in [-0.25, -0.2) is 19.9 Å². The van der Waals surface area contributed by atoms with E-state index in [0.717, 1.165) is 22.7 Å². The van der Waals surface area contributed by atoms with Gasteiger partial charge in [0.15, 0.2) is 45.1 Å². The number of ether oxygens (including phenoxy) is 8. The molecule has 7 rings (SSSR count). The third kappa shape index (κ3) is 12.6. The van der Waals surface area contributed by atoms with Gasteiger partial charge in [-0.3, -0.25) is 20.2 Å². The summed E-state index contributed by atoms with van der Waals surface area (Å²) in [7, 11) is 0. The Kier molecular flexibility index (Phi) is 15.5. The minimum absolute atomic E-state index is 0.0323. The number of H-pyrrole nitrogens is 4. The van der Waals surface area contributed by atoms with Gasteiger partial charge in [0, 0.05) is 12.1 Å². The fourth-order valence-electron chi connectivity index (χ4n) is 5.79. The first-order valence-corrected chi connectivity index (χ1v) is 18.8. The SMILES string of the molecule is O=[N+]([O-])c1ccc2[nH+]c(CCc3[nH]c4cc([N+](=O)[O-])ccc4[nH+]3)[nH]c2c1.c1ccc2c(c1)OCCOCCOCCOc1ccccc1OCCOCCOCCO2. The first kappa shape index (κ1) is 41.3. The van der Waals surface area contributed by atoms with Crippen molar-refractivity contribution in [3.63, 3.8) is 0 Å². The lowest BCUT2D eigenvalue weighted by molar-refractivity contribution is -0.385. The highest BCUT2D eigenvalue weighted by molar-refractivity contribution is 5.75. The number of rotatable bonds is 5. The zero-order chi connectivity index (χ0) is 40.4. The Hall–Kier alpha value is -6.34. The van der Waals surface area contributed by atoms with Gasteiger partial charge in [0.2, 0.25) is 0 Å². The second-order valence-corrected chi connectivity index (χ2v) is 12.7. The van der Waals surface area contributed by atoms with Crippen LogP contribution in [-0.2, 0) is 31.8 Å². The molecule has 306 valence electrons. The second-order valence-electron chi connectivity index (χ2n) is 12.7. The number of hydrogen-bond acceptors (Lipinski definition) is 12. The Morgan fingerprint density at radius 3 is 1.09 bits per heavy atom. The van der Waals surface area contributed by atoms with Crippen LogP contribution in [-0.4, -0.2) is 99.1 Å². The maximum absolute atomic E-state index is 10.8. The van der Waals surface area contributed by atoms with Crippen molar-refractivity contribution in [2.45, 2.75) is 12.8 Å². The fourth-order valence-corrected chi connectivity index (χ4v) is 5.79. The van der Waals surface area contributed by atoms with Crippen molar-refractivity contribution in [2.75, 3.05) is 79.3 Å². The van der Waals surface area contributed by atoms with Crippen molar-refractivity contribution in [3.05, 3.63) is 117 Å².